The Bertz CT molecular complexity index is 294. The van der Waals surface area contributed by atoms with Gasteiger partial charge in [0.05, 0.1) is 6.61 Å². The van der Waals surface area contributed by atoms with Crippen LogP contribution in [-0.4, -0.2) is 12.9 Å². The highest BCUT2D eigenvalue weighted by Gasteiger charge is 2.05. The maximum Gasteiger partial charge on any atom is 0.140 e. The van der Waals surface area contributed by atoms with Crippen LogP contribution in [0.4, 0.5) is 0 Å². The van der Waals surface area contributed by atoms with Gasteiger partial charge >= 0.3 is 0 Å². The van der Waals surface area contributed by atoms with Crippen LogP contribution in [0.3, 0.4) is 0 Å². The summed E-state index contributed by atoms with van der Waals surface area (Å²) in [5, 5.41) is 0. The average molecular weight is 194 g/mol. The third kappa shape index (κ3) is 2.28. The largest absolute Gasteiger partial charge is 0.492 e. The lowest BCUT2D eigenvalue weighted by Crippen LogP contribution is -1.95. The van der Waals surface area contributed by atoms with Gasteiger partial charge in [-0.25, -0.2) is 0 Å². The monoisotopic (exact) mass is 194 g/mol. The van der Waals surface area contributed by atoms with Crippen molar-refractivity contribution >= 4 is 17.8 Å². The van der Waals surface area contributed by atoms with E-state index in [4.69, 9.17) is 4.74 Å². The number of ether oxygens (including phenoxy) is 1. The van der Waals surface area contributed by atoms with Crippen molar-refractivity contribution in [2.45, 2.75) is 11.8 Å². The maximum atomic E-state index is 5.56. The molecule has 0 aliphatic heterocycles. The standard InChI is InChI=1S/C11H14OS/c1-4-9-7-6-8-10(13-3)11(9)12-5-2/h4,6-8H,1,5H2,2-3H3. The van der Waals surface area contributed by atoms with Crippen LogP contribution in [-0.2, 0) is 0 Å². The summed E-state index contributed by atoms with van der Waals surface area (Å²) in [7, 11) is 0. The molecule has 0 spiro atoms. The van der Waals surface area contributed by atoms with E-state index in [9.17, 15) is 0 Å². The predicted octanol–water partition coefficient (Wildman–Crippen LogP) is 3.45. The lowest BCUT2D eigenvalue weighted by molar-refractivity contribution is 0.331. The van der Waals surface area contributed by atoms with E-state index in [1.165, 1.54) is 4.90 Å². The summed E-state index contributed by atoms with van der Waals surface area (Å²) in [5.41, 5.74) is 1.06. The SMILES string of the molecule is C=Cc1cccc(SC)c1OCC. The second kappa shape index (κ2) is 4.97. The fourth-order valence-corrected chi connectivity index (χ4v) is 1.73. The van der Waals surface area contributed by atoms with Crippen molar-refractivity contribution < 1.29 is 4.74 Å². The van der Waals surface area contributed by atoms with Gasteiger partial charge in [-0.2, -0.15) is 0 Å². The van der Waals surface area contributed by atoms with Gasteiger partial charge in [-0.05, 0) is 19.2 Å². The van der Waals surface area contributed by atoms with E-state index >= 15 is 0 Å². The molecular weight excluding hydrogens is 180 g/mol. The van der Waals surface area contributed by atoms with E-state index in [0.717, 1.165) is 11.3 Å². The zero-order chi connectivity index (χ0) is 9.68. The van der Waals surface area contributed by atoms with Crippen LogP contribution in [0.15, 0.2) is 29.7 Å². The summed E-state index contributed by atoms with van der Waals surface area (Å²) in [6.07, 6.45) is 3.87. The van der Waals surface area contributed by atoms with E-state index in [0.29, 0.717) is 6.61 Å². The fourth-order valence-electron chi connectivity index (χ4n) is 1.15. The number of benzene rings is 1. The van der Waals surface area contributed by atoms with E-state index in [-0.39, 0.29) is 0 Å². The molecule has 0 bridgehead atoms. The summed E-state index contributed by atoms with van der Waals surface area (Å²) >= 11 is 1.69. The highest BCUT2D eigenvalue weighted by molar-refractivity contribution is 7.98. The number of hydrogen-bond donors (Lipinski definition) is 0. The molecule has 1 aromatic carbocycles. The highest BCUT2D eigenvalue weighted by atomic mass is 32.2. The molecule has 0 amide bonds. The van der Waals surface area contributed by atoms with Crippen molar-refractivity contribution in [2.75, 3.05) is 12.9 Å². The molecule has 0 radical (unpaired) electrons. The lowest BCUT2D eigenvalue weighted by Gasteiger charge is -2.10. The van der Waals surface area contributed by atoms with Crippen LogP contribution in [0.25, 0.3) is 6.08 Å². The molecule has 0 aliphatic rings. The second-order valence-electron chi connectivity index (χ2n) is 2.52. The second-order valence-corrected chi connectivity index (χ2v) is 3.36. The quantitative estimate of drug-likeness (QED) is 0.679. The molecule has 0 fully saturated rings. The van der Waals surface area contributed by atoms with Crippen LogP contribution in [0.5, 0.6) is 5.75 Å². The van der Waals surface area contributed by atoms with Crippen LogP contribution < -0.4 is 4.74 Å². The van der Waals surface area contributed by atoms with Gasteiger partial charge in [0.15, 0.2) is 0 Å². The van der Waals surface area contributed by atoms with Gasteiger partial charge in [0.1, 0.15) is 5.75 Å². The Morgan fingerprint density at radius 3 is 2.85 bits per heavy atom. The summed E-state index contributed by atoms with van der Waals surface area (Å²) in [5.74, 6) is 0.951. The first-order valence-electron chi connectivity index (χ1n) is 4.25. The van der Waals surface area contributed by atoms with E-state index in [1.54, 1.807) is 11.8 Å². The van der Waals surface area contributed by atoms with Gasteiger partial charge in [0, 0.05) is 10.5 Å². The first kappa shape index (κ1) is 10.2. The van der Waals surface area contributed by atoms with Crippen LogP contribution in [0, 0.1) is 0 Å². The van der Waals surface area contributed by atoms with Crippen LogP contribution >= 0.6 is 11.8 Å². The Labute approximate surface area is 83.8 Å². The van der Waals surface area contributed by atoms with E-state index < -0.39 is 0 Å². The normalized spacial score (nSPS) is 9.69. The maximum absolute atomic E-state index is 5.56. The van der Waals surface area contributed by atoms with Crippen molar-refractivity contribution in [3.05, 3.63) is 30.3 Å². The zero-order valence-corrected chi connectivity index (χ0v) is 8.86. The molecule has 0 atom stereocenters. The van der Waals surface area contributed by atoms with Crippen LogP contribution in [0.1, 0.15) is 12.5 Å². The van der Waals surface area contributed by atoms with Crippen LogP contribution in [0.2, 0.25) is 0 Å². The molecule has 0 N–H and O–H groups in total. The molecule has 0 aliphatic carbocycles. The molecule has 0 saturated carbocycles. The number of rotatable bonds is 4. The van der Waals surface area contributed by atoms with Gasteiger partial charge in [0.2, 0.25) is 0 Å². The predicted molar refractivity (Wildman–Crippen MR) is 59.5 cm³/mol. The molecule has 1 aromatic rings. The molecule has 0 aromatic heterocycles. The minimum atomic E-state index is 0.693. The Kier molecular flexibility index (Phi) is 3.90. The Morgan fingerprint density at radius 1 is 1.54 bits per heavy atom. The van der Waals surface area contributed by atoms with Gasteiger partial charge in [-0.3, -0.25) is 0 Å². The van der Waals surface area contributed by atoms with Crippen molar-refractivity contribution in [1.82, 2.24) is 0 Å². The fraction of sp³-hybridized carbons (Fsp3) is 0.273. The summed E-state index contributed by atoms with van der Waals surface area (Å²) < 4.78 is 5.56. The van der Waals surface area contributed by atoms with Crippen molar-refractivity contribution in [2.24, 2.45) is 0 Å². The first-order chi connectivity index (χ1) is 6.33. The third-order valence-electron chi connectivity index (χ3n) is 1.74. The Morgan fingerprint density at radius 2 is 2.31 bits per heavy atom. The molecule has 1 nitrogen and oxygen atoms in total. The van der Waals surface area contributed by atoms with Gasteiger partial charge in [-0.15, -0.1) is 11.8 Å². The van der Waals surface area contributed by atoms with Crippen molar-refractivity contribution in [1.29, 1.82) is 0 Å². The molecule has 13 heavy (non-hydrogen) atoms. The summed E-state index contributed by atoms with van der Waals surface area (Å²) in [4.78, 5) is 1.17. The zero-order valence-electron chi connectivity index (χ0n) is 8.04. The highest BCUT2D eigenvalue weighted by Crippen LogP contribution is 2.31. The lowest BCUT2D eigenvalue weighted by atomic mass is 10.2. The summed E-state index contributed by atoms with van der Waals surface area (Å²) in [6.45, 7) is 6.44. The average Bonchev–Trinajstić information content (AvgIpc) is 2.18. The molecule has 0 heterocycles. The Hall–Kier alpha value is -0.890. The van der Waals surface area contributed by atoms with Gasteiger partial charge in [0.25, 0.3) is 0 Å². The molecule has 70 valence electrons. The molecule has 0 saturated heterocycles. The summed E-state index contributed by atoms with van der Waals surface area (Å²) in [6, 6.07) is 6.09. The minimum Gasteiger partial charge on any atom is -0.492 e. The van der Waals surface area contributed by atoms with Gasteiger partial charge < -0.3 is 4.74 Å². The molecular formula is C11H14OS. The van der Waals surface area contributed by atoms with E-state index in [2.05, 4.69) is 12.6 Å². The number of para-hydroxylation sites is 1. The topological polar surface area (TPSA) is 9.23 Å². The molecule has 1 rings (SSSR count). The molecule has 0 unspecified atom stereocenters. The first-order valence-corrected chi connectivity index (χ1v) is 5.48. The van der Waals surface area contributed by atoms with E-state index in [1.807, 2.05) is 31.4 Å². The molecule has 2 heteroatoms. The Balaban J connectivity index is 3.12. The smallest absolute Gasteiger partial charge is 0.140 e. The van der Waals surface area contributed by atoms with Crippen molar-refractivity contribution in [3.8, 4) is 5.75 Å². The number of hydrogen-bond acceptors (Lipinski definition) is 2. The third-order valence-corrected chi connectivity index (χ3v) is 2.50. The van der Waals surface area contributed by atoms with Crippen molar-refractivity contribution in [3.63, 3.8) is 0 Å². The van der Waals surface area contributed by atoms with Gasteiger partial charge in [-0.1, -0.05) is 24.8 Å². The minimum absolute atomic E-state index is 0.693. The number of thioether (sulfide) groups is 1.